The molecule has 2 aromatic heterocycles. The molecule has 448 valence electrons. The van der Waals surface area contributed by atoms with Crippen molar-refractivity contribution in [1.82, 2.24) is 9.97 Å². The summed E-state index contributed by atoms with van der Waals surface area (Å²) in [6, 6.07) is 35.8. The molecule has 0 spiro atoms. The lowest BCUT2D eigenvalue weighted by atomic mass is 10.1. The van der Waals surface area contributed by atoms with Gasteiger partial charge in [0.1, 0.15) is 44.5 Å². The van der Waals surface area contributed by atoms with Crippen LogP contribution in [0.3, 0.4) is 0 Å². The number of aryl methyl sites for hydroxylation is 4. The summed E-state index contributed by atoms with van der Waals surface area (Å²) in [4.78, 5) is 68.5. The van der Waals surface area contributed by atoms with Crippen LogP contribution in [-0.4, -0.2) is 69.8 Å². The van der Waals surface area contributed by atoms with E-state index < -0.39 is 46.8 Å². The fraction of sp³-hybridized carbons (Fsp3) is 0.420. The quantitative estimate of drug-likeness (QED) is 0.0411. The second-order valence-electron chi connectivity index (χ2n) is 26.1. The molecular formula is C69H86N8O8+2. The first-order valence-corrected chi connectivity index (χ1v) is 29.7. The molecule has 0 saturated carbocycles. The third kappa shape index (κ3) is 15.9. The maximum Gasteiger partial charge on any atom is 0.414 e. The second-order valence-corrected chi connectivity index (χ2v) is 26.1. The highest BCUT2D eigenvalue weighted by Gasteiger charge is 2.32. The highest BCUT2D eigenvalue weighted by molar-refractivity contribution is 5.97. The number of nitrogens with zero attached hydrogens (tertiary/aromatic N) is 6. The van der Waals surface area contributed by atoms with Crippen LogP contribution in [0.25, 0.3) is 55.5 Å². The molecular weight excluding hydrogens is 1070 g/mol. The first kappa shape index (κ1) is 62.6. The number of hydrogen-bond acceptors (Lipinski definition) is 10. The molecule has 0 aliphatic heterocycles. The predicted octanol–water partition coefficient (Wildman–Crippen LogP) is 16.5. The van der Waals surface area contributed by atoms with Gasteiger partial charge in [0.15, 0.2) is 0 Å². The van der Waals surface area contributed by atoms with E-state index >= 15 is 0 Å². The van der Waals surface area contributed by atoms with Gasteiger partial charge in [0, 0.05) is 61.1 Å². The third-order valence-electron chi connectivity index (χ3n) is 14.1. The van der Waals surface area contributed by atoms with Crippen molar-refractivity contribution in [1.29, 1.82) is 0 Å². The summed E-state index contributed by atoms with van der Waals surface area (Å²) >= 11 is 0. The highest BCUT2D eigenvalue weighted by Crippen LogP contribution is 2.34. The minimum absolute atomic E-state index is 0.429. The molecule has 4 amide bonds. The molecule has 8 rings (SSSR count). The van der Waals surface area contributed by atoms with Gasteiger partial charge in [0.2, 0.25) is 33.4 Å². The Morgan fingerprint density at radius 1 is 0.424 bits per heavy atom. The lowest BCUT2D eigenvalue weighted by molar-refractivity contribution is -0.538. The summed E-state index contributed by atoms with van der Waals surface area (Å²) in [5, 5.41) is 5.91. The van der Waals surface area contributed by atoms with Crippen LogP contribution in [0.15, 0.2) is 109 Å². The van der Waals surface area contributed by atoms with Crippen molar-refractivity contribution in [3.8, 4) is 11.4 Å². The Morgan fingerprint density at radius 3 is 1.25 bits per heavy atom. The van der Waals surface area contributed by atoms with Gasteiger partial charge < -0.3 is 18.9 Å². The van der Waals surface area contributed by atoms with Crippen molar-refractivity contribution in [3.63, 3.8) is 0 Å². The molecule has 8 aromatic rings. The molecule has 0 fully saturated rings. The second kappa shape index (κ2) is 25.4. The van der Waals surface area contributed by atoms with Crippen LogP contribution in [-0.2, 0) is 18.9 Å². The molecule has 6 aromatic carbocycles. The molecule has 0 atom stereocenters. The SMILES string of the molecule is Cc1cc2nc3cc(C)c(N(CCCCCCCCCN(C(=O)OC(C)(C)C)c4ccc5nc6cc(C)c(NC(=O)OC(C)(C)C)cc6[n+](-c6ccccc6)c5c4C)C(=O)OC(C)(C)C)cc3[n+](-c3ccccc3)c2cc1NC(=O)OC(C)(C)C. The zero-order valence-electron chi connectivity index (χ0n) is 52.7. The van der Waals surface area contributed by atoms with E-state index in [4.69, 9.17) is 28.9 Å². The largest absolute Gasteiger partial charge is 0.444 e. The number of unbranched alkanes of at least 4 members (excludes halogenated alkanes) is 6. The van der Waals surface area contributed by atoms with E-state index in [1.54, 1.807) is 9.80 Å². The van der Waals surface area contributed by atoms with E-state index in [2.05, 4.69) is 19.8 Å². The van der Waals surface area contributed by atoms with Gasteiger partial charge in [0.25, 0.3) is 0 Å². The Labute approximate surface area is 500 Å². The smallest absolute Gasteiger partial charge is 0.414 e. The summed E-state index contributed by atoms with van der Waals surface area (Å²) in [6.45, 7) is 31.0. The van der Waals surface area contributed by atoms with Crippen molar-refractivity contribution in [3.05, 3.63) is 131 Å². The molecule has 2 N–H and O–H groups in total. The van der Waals surface area contributed by atoms with Crippen LogP contribution in [0.5, 0.6) is 0 Å². The Bertz CT molecular complexity index is 3720. The van der Waals surface area contributed by atoms with Gasteiger partial charge in [-0.3, -0.25) is 20.4 Å². The van der Waals surface area contributed by atoms with E-state index in [0.717, 1.165) is 134 Å². The Balaban J connectivity index is 1.00. The normalized spacial score (nSPS) is 12.1. The topological polar surface area (TPSA) is 169 Å². The molecule has 0 bridgehead atoms. The lowest BCUT2D eigenvalue weighted by Gasteiger charge is -2.28. The summed E-state index contributed by atoms with van der Waals surface area (Å²) in [5.74, 6) is 0. The van der Waals surface area contributed by atoms with E-state index in [1.165, 1.54) is 0 Å². The highest BCUT2D eigenvalue weighted by atomic mass is 16.6. The van der Waals surface area contributed by atoms with Crippen LogP contribution >= 0.6 is 0 Å². The minimum Gasteiger partial charge on any atom is -0.444 e. The first-order valence-electron chi connectivity index (χ1n) is 29.7. The van der Waals surface area contributed by atoms with Crippen LogP contribution in [0.2, 0.25) is 0 Å². The molecule has 0 aliphatic carbocycles. The number of rotatable bonds is 16. The van der Waals surface area contributed by atoms with Crippen LogP contribution in [0.1, 0.15) is 150 Å². The van der Waals surface area contributed by atoms with E-state index in [9.17, 15) is 19.2 Å². The zero-order valence-corrected chi connectivity index (χ0v) is 52.7. The minimum atomic E-state index is -0.729. The molecule has 16 nitrogen and oxygen atoms in total. The fourth-order valence-electron chi connectivity index (χ4n) is 10.5. The average Bonchev–Trinajstić information content (AvgIpc) is 2.01. The van der Waals surface area contributed by atoms with Gasteiger partial charge in [-0.1, -0.05) is 68.5 Å². The van der Waals surface area contributed by atoms with Gasteiger partial charge in [-0.25, -0.2) is 29.1 Å². The van der Waals surface area contributed by atoms with Crippen molar-refractivity contribution in [2.45, 2.75) is 178 Å². The summed E-state index contributed by atoms with van der Waals surface area (Å²) in [6.07, 6.45) is 4.18. The first-order chi connectivity index (χ1) is 39.9. The van der Waals surface area contributed by atoms with E-state index in [1.807, 2.05) is 220 Å². The van der Waals surface area contributed by atoms with Gasteiger partial charge in [-0.15, -0.1) is 9.13 Å². The molecule has 0 unspecified atom stereocenters. The number of carbonyl (C=O) groups excluding carboxylic acids is 4. The third-order valence-corrected chi connectivity index (χ3v) is 14.1. The van der Waals surface area contributed by atoms with Gasteiger partial charge >= 0.3 is 24.4 Å². The number of para-hydroxylation sites is 2. The van der Waals surface area contributed by atoms with Crippen LogP contribution in [0.4, 0.5) is 41.9 Å². The number of ether oxygens (including phenoxy) is 4. The number of aromatic nitrogens is 4. The summed E-state index contributed by atoms with van der Waals surface area (Å²) in [5.41, 5.74) is 11.1. The maximum absolute atomic E-state index is 14.3. The van der Waals surface area contributed by atoms with Gasteiger partial charge in [-0.2, -0.15) is 0 Å². The molecule has 0 radical (unpaired) electrons. The Hall–Kier alpha value is -8.40. The summed E-state index contributed by atoms with van der Waals surface area (Å²) < 4.78 is 27.7. The van der Waals surface area contributed by atoms with Crippen LogP contribution < -0.4 is 29.6 Å². The number of amides is 4. The van der Waals surface area contributed by atoms with Gasteiger partial charge in [0.05, 0.1) is 22.7 Å². The number of nitrogens with one attached hydrogen (secondary N) is 2. The summed E-state index contributed by atoms with van der Waals surface area (Å²) in [7, 11) is 0. The standard InChI is InChI=1S/C69H84N8O8/c1-44-38-53-58(41-51(44)72-62(78)82-66(5,6)7)76(48-30-24-22-25-31-48)60-43-57(46(3)40-55(60)71-53)75(65(81)85-69(14,15)16)37-29-21-19-17-18-20-28-36-74(64(80)84-68(11,12)13)56-35-34-50-61(47(56)4)77(49-32-26-23-27-33-49)59-42-52(45(2)39-54(59)70-50)73-63(79)83-67(8,9)10/h22-27,30-35,38-43H,17-21,28-29,36-37H2,1-16H3/p+2. The molecule has 85 heavy (non-hydrogen) atoms. The Morgan fingerprint density at radius 2 is 0.800 bits per heavy atom. The van der Waals surface area contributed by atoms with Crippen molar-refractivity contribution >= 4 is 91.3 Å². The number of benzene rings is 6. The zero-order chi connectivity index (χ0) is 61.8. The van der Waals surface area contributed by atoms with E-state index in [0.29, 0.717) is 24.5 Å². The van der Waals surface area contributed by atoms with E-state index in [-0.39, 0.29) is 0 Å². The number of fused-ring (bicyclic) bond motifs is 4. The lowest BCUT2D eigenvalue weighted by Crippen LogP contribution is -2.39. The molecule has 0 aliphatic rings. The van der Waals surface area contributed by atoms with Crippen molar-refractivity contribution < 1.29 is 47.3 Å². The van der Waals surface area contributed by atoms with Crippen LogP contribution in [0, 0.1) is 27.7 Å². The maximum atomic E-state index is 14.3. The number of carbonyl (C=O) groups is 4. The van der Waals surface area contributed by atoms with Crippen molar-refractivity contribution in [2.24, 2.45) is 0 Å². The monoisotopic (exact) mass is 1150 g/mol. The predicted molar refractivity (Wildman–Crippen MR) is 340 cm³/mol. The number of anilines is 4. The molecule has 16 heteroatoms. The Kier molecular flexibility index (Phi) is 18.7. The number of hydrogen-bond donors (Lipinski definition) is 2. The fourth-order valence-corrected chi connectivity index (χ4v) is 10.5. The van der Waals surface area contributed by atoms with Crippen molar-refractivity contribution in [2.75, 3.05) is 33.5 Å². The average molecular weight is 1160 g/mol. The van der Waals surface area contributed by atoms with Gasteiger partial charge in [-0.05, 0) is 171 Å². The molecule has 0 saturated heterocycles. The molecule has 2 heterocycles.